The molecule has 1 aromatic carbocycles. The van der Waals surface area contributed by atoms with Gasteiger partial charge in [-0.2, -0.15) is 10.5 Å². The van der Waals surface area contributed by atoms with E-state index in [1.54, 1.807) is 32.0 Å². The summed E-state index contributed by atoms with van der Waals surface area (Å²) in [5.74, 6) is -1.10. The van der Waals surface area contributed by atoms with Gasteiger partial charge < -0.3 is 24.7 Å². The molecular weight excluding hydrogens is 348 g/mol. The molecule has 1 saturated carbocycles. The lowest BCUT2D eigenvalue weighted by atomic mass is 9.93. The van der Waals surface area contributed by atoms with Crippen molar-refractivity contribution in [1.29, 1.82) is 10.5 Å². The van der Waals surface area contributed by atoms with E-state index in [-0.39, 0.29) is 19.0 Å². The fourth-order valence-corrected chi connectivity index (χ4v) is 4.28. The third-order valence-electron chi connectivity index (χ3n) is 5.35. The standard InChI is InChI=1S/C19H22N4O4/c1-5-26-19(27-6-2)18(11-21)15(17(18,10-20)16(22)23-19)12-7-8-13(24-3)14(9-12)25-4/h7-9,15H,5-6H2,1-4H3,(H2,22,23). The van der Waals surface area contributed by atoms with Crippen molar-refractivity contribution in [1.82, 2.24) is 0 Å². The average Bonchev–Trinajstić information content (AvgIpc) is 3.26. The van der Waals surface area contributed by atoms with Crippen LogP contribution in [0.15, 0.2) is 23.2 Å². The molecule has 142 valence electrons. The number of fused-ring (bicyclic) bond motifs is 1. The molecule has 0 amide bonds. The Hall–Kier alpha value is -2.81. The minimum Gasteiger partial charge on any atom is -0.493 e. The minimum atomic E-state index is -1.62. The van der Waals surface area contributed by atoms with Crippen LogP contribution in [-0.2, 0) is 9.47 Å². The van der Waals surface area contributed by atoms with E-state index in [2.05, 4.69) is 17.1 Å². The Balaban J connectivity index is 2.21. The highest BCUT2D eigenvalue weighted by Crippen LogP contribution is 2.82. The predicted octanol–water partition coefficient (Wildman–Crippen LogP) is 1.92. The second kappa shape index (κ2) is 6.41. The van der Waals surface area contributed by atoms with Gasteiger partial charge >= 0.3 is 0 Å². The van der Waals surface area contributed by atoms with Gasteiger partial charge in [-0.05, 0) is 31.5 Å². The van der Waals surface area contributed by atoms with Crippen molar-refractivity contribution in [3.8, 4) is 23.6 Å². The number of benzene rings is 1. The predicted molar refractivity (Wildman–Crippen MR) is 96.0 cm³/mol. The van der Waals surface area contributed by atoms with E-state index in [9.17, 15) is 10.5 Å². The van der Waals surface area contributed by atoms with E-state index in [0.29, 0.717) is 17.1 Å². The van der Waals surface area contributed by atoms with Crippen LogP contribution in [0.5, 0.6) is 11.5 Å². The fraction of sp³-hybridized carbons (Fsp3) is 0.526. The highest BCUT2D eigenvalue weighted by molar-refractivity contribution is 6.00. The number of aliphatic imine (C=N–C) groups is 1. The number of hydrogen-bond donors (Lipinski definition) is 1. The minimum absolute atomic E-state index is 0.0493. The summed E-state index contributed by atoms with van der Waals surface area (Å²) in [5, 5.41) is 20.2. The van der Waals surface area contributed by atoms with Crippen LogP contribution < -0.4 is 15.2 Å². The molecule has 0 radical (unpaired) electrons. The number of nitrogens with zero attached hydrogens (tertiary/aromatic N) is 3. The number of nitriles is 2. The van der Waals surface area contributed by atoms with E-state index >= 15 is 0 Å². The maximum atomic E-state index is 10.2. The lowest BCUT2D eigenvalue weighted by molar-refractivity contribution is -0.255. The summed E-state index contributed by atoms with van der Waals surface area (Å²) in [6.07, 6.45) is 0. The highest BCUT2D eigenvalue weighted by Gasteiger charge is 2.93. The molecule has 0 bridgehead atoms. The van der Waals surface area contributed by atoms with Gasteiger partial charge in [0.2, 0.25) is 0 Å². The molecule has 8 nitrogen and oxygen atoms in total. The van der Waals surface area contributed by atoms with Gasteiger partial charge in [0.15, 0.2) is 16.9 Å². The Bertz CT molecular complexity index is 865. The first-order valence-electron chi connectivity index (χ1n) is 8.66. The third kappa shape index (κ3) is 2.05. The van der Waals surface area contributed by atoms with E-state index < -0.39 is 22.7 Å². The van der Waals surface area contributed by atoms with Gasteiger partial charge in [0.05, 0.1) is 26.4 Å². The van der Waals surface area contributed by atoms with Crippen LogP contribution in [-0.4, -0.2) is 39.2 Å². The van der Waals surface area contributed by atoms with Crippen molar-refractivity contribution in [3.05, 3.63) is 23.8 Å². The molecule has 1 fully saturated rings. The topological polar surface area (TPSA) is 123 Å². The van der Waals surface area contributed by atoms with Crippen molar-refractivity contribution in [3.63, 3.8) is 0 Å². The van der Waals surface area contributed by atoms with Gasteiger partial charge in [0.1, 0.15) is 11.3 Å². The van der Waals surface area contributed by atoms with Crippen LogP contribution in [0.3, 0.4) is 0 Å². The van der Waals surface area contributed by atoms with Crippen LogP contribution in [0.25, 0.3) is 0 Å². The number of amidine groups is 1. The molecule has 1 aliphatic heterocycles. The van der Waals surface area contributed by atoms with Crippen molar-refractivity contribution in [2.45, 2.75) is 25.7 Å². The number of nitrogens with two attached hydrogens (primary N) is 1. The summed E-state index contributed by atoms with van der Waals surface area (Å²) in [6, 6.07) is 9.77. The van der Waals surface area contributed by atoms with Crippen molar-refractivity contribution in [2.24, 2.45) is 21.6 Å². The van der Waals surface area contributed by atoms with Crippen molar-refractivity contribution in [2.75, 3.05) is 27.4 Å². The molecule has 1 aromatic rings. The van der Waals surface area contributed by atoms with Gasteiger partial charge in [-0.25, -0.2) is 4.99 Å². The summed E-state index contributed by atoms with van der Waals surface area (Å²) in [5.41, 5.74) is 4.17. The number of hydrogen-bond acceptors (Lipinski definition) is 8. The molecule has 3 unspecified atom stereocenters. The smallest absolute Gasteiger partial charge is 0.293 e. The number of rotatable bonds is 7. The molecule has 8 heteroatoms. The van der Waals surface area contributed by atoms with Crippen LogP contribution >= 0.6 is 0 Å². The first-order chi connectivity index (χ1) is 13.0. The molecule has 2 aliphatic rings. The molecular formula is C19H22N4O4. The molecule has 2 N–H and O–H groups in total. The van der Waals surface area contributed by atoms with Gasteiger partial charge in [-0.1, -0.05) is 6.07 Å². The Kier molecular flexibility index (Phi) is 4.51. The van der Waals surface area contributed by atoms with Gasteiger partial charge in [0, 0.05) is 19.1 Å². The first kappa shape index (κ1) is 19.0. The molecule has 1 aliphatic carbocycles. The molecule has 3 rings (SSSR count). The van der Waals surface area contributed by atoms with Crippen LogP contribution in [0, 0.1) is 33.5 Å². The molecule has 1 heterocycles. The second-order valence-electron chi connectivity index (χ2n) is 6.33. The SMILES string of the molecule is CCOC1(OCC)N=C(N)C2(C#N)C(c3ccc(OC)c(OC)c3)C12C#N. The van der Waals surface area contributed by atoms with E-state index in [4.69, 9.17) is 24.7 Å². The lowest BCUT2D eigenvalue weighted by Crippen LogP contribution is -2.43. The van der Waals surface area contributed by atoms with Crippen molar-refractivity contribution >= 4 is 5.84 Å². The second-order valence-corrected chi connectivity index (χ2v) is 6.33. The van der Waals surface area contributed by atoms with Crippen molar-refractivity contribution < 1.29 is 18.9 Å². The molecule has 3 atom stereocenters. The van der Waals surface area contributed by atoms with Gasteiger partial charge in [-0.3, -0.25) is 0 Å². The van der Waals surface area contributed by atoms with E-state index in [1.807, 2.05) is 0 Å². The van der Waals surface area contributed by atoms with Crippen LogP contribution in [0.1, 0.15) is 25.3 Å². The zero-order valence-corrected chi connectivity index (χ0v) is 15.8. The Morgan fingerprint density at radius 1 is 1.07 bits per heavy atom. The number of methoxy groups -OCH3 is 2. The van der Waals surface area contributed by atoms with E-state index in [1.165, 1.54) is 14.2 Å². The monoisotopic (exact) mass is 370 g/mol. The number of ether oxygens (including phenoxy) is 4. The summed E-state index contributed by atoms with van der Waals surface area (Å²) in [7, 11) is 3.06. The van der Waals surface area contributed by atoms with Gasteiger partial charge in [0.25, 0.3) is 5.91 Å². The average molecular weight is 370 g/mol. The maximum absolute atomic E-state index is 10.2. The third-order valence-corrected chi connectivity index (χ3v) is 5.35. The normalized spacial score (nSPS) is 29.9. The summed E-state index contributed by atoms with van der Waals surface area (Å²) in [6.45, 7) is 4.05. The first-order valence-corrected chi connectivity index (χ1v) is 8.66. The molecule has 27 heavy (non-hydrogen) atoms. The molecule has 0 saturated heterocycles. The molecule has 0 aromatic heterocycles. The van der Waals surface area contributed by atoms with Crippen LogP contribution in [0.4, 0.5) is 0 Å². The molecule has 0 spiro atoms. The summed E-state index contributed by atoms with van der Waals surface area (Å²) in [4.78, 5) is 4.32. The van der Waals surface area contributed by atoms with Crippen LogP contribution in [0.2, 0.25) is 0 Å². The zero-order valence-electron chi connectivity index (χ0n) is 15.8. The Morgan fingerprint density at radius 3 is 2.19 bits per heavy atom. The Morgan fingerprint density at radius 2 is 1.70 bits per heavy atom. The quantitative estimate of drug-likeness (QED) is 0.727. The summed E-state index contributed by atoms with van der Waals surface area (Å²) < 4.78 is 22.3. The highest BCUT2D eigenvalue weighted by atomic mass is 16.7. The summed E-state index contributed by atoms with van der Waals surface area (Å²) >= 11 is 0. The van der Waals surface area contributed by atoms with Gasteiger partial charge in [-0.15, -0.1) is 0 Å². The largest absolute Gasteiger partial charge is 0.493 e. The maximum Gasteiger partial charge on any atom is 0.293 e. The fourth-order valence-electron chi connectivity index (χ4n) is 4.28. The lowest BCUT2D eigenvalue weighted by Gasteiger charge is -2.31. The Labute approximate surface area is 158 Å². The van der Waals surface area contributed by atoms with E-state index in [0.717, 1.165) is 0 Å². The zero-order chi connectivity index (χ0) is 19.9.